The fourth-order valence-electron chi connectivity index (χ4n) is 3.93. The summed E-state index contributed by atoms with van der Waals surface area (Å²) in [7, 11) is 0. The lowest BCUT2D eigenvalue weighted by Gasteiger charge is -2.09. The first-order valence-electron chi connectivity index (χ1n) is 8.93. The van der Waals surface area contributed by atoms with E-state index in [1.54, 1.807) is 16.5 Å². The molecule has 0 unspecified atom stereocenters. The maximum absolute atomic E-state index is 3.66. The van der Waals surface area contributed by atoms with Crippen molar-refractivity contribution in [2.45, 2.75) is 78.1 Å². The normalized spacial score (nSPS) is 14.0. The van der Waals surface area contributed by atoms with Crippen LogP contribution in [-0.4, -0.2) is 4.98 Å². The van der Waals surface area contributed by atoms with Crippen LogP contribution in [0, 0.1) is 6.92 Å². The van der Waals surface area contributed by atoms with Crippen molar-refractivity contribution in [3.8, 4) is 0 Å². The van der Waals surface area contributed by atoms with E-state index in [0.717, 1.165) is 0 Å². The zero-order chi connectivity index (χ0) is 14.7. The van der Waals surface area contributed by atoms with Gasteiger partial charge in [-0.05, 0) is 61.8 Å². The topological polar surface area (TPSA) is 15.8 Å². The van der Waals surface area contributed by atoms with Gasteiger partial charge in [-0.3, -0.25) is 0 Å². The second-order valence-electron chi connectivity index (χ2n) is 6.74. The van der Waals surface area contributed by atoms with Crippen molar-refractivity contribution in [3.05, 3.63) is 34.5 Å². The largest absolute Gasteiger partial charge is 0.358 e. The van der Waals surface area contributed by atoms with Gasteiger partial charge >= 0.3 is 0 Å². The molecule has 1 aliphatic rings. The summed E-state index contributed by atoms with van der Waals surface area (Å²) in [4.78, 5) is 3.66. The Balaban J connectivity index is 1.73. The molecule has 1 heterocycles. The molecule has 1 heteroatoms. The zero-order valence-electron chi connectivity index (χ0n) is 13.7. The van der Waals surface area contributed by atoms with E-state index in [9.17, 15) is 0 Å². The zero-order valence-corrected chi connectivity index (χ0v) is 13.7. The molecule has 0 bridgehead atoms. The summed E-state index contributed by atoms with van der Waals surface area (Å²) in [5.41, 5.74) is 7.65. The smallest absolute Gasteiger partial charge is 0.0461 e. The van der Waals surface area contributed by atoms with E-state index < -0.39 is 0 Å². The standard InChI is InChI=1S/C20H29N/c1-3-4-5-6-7-8-10-16-15(2)13-14-19-20(16)17-11-9-12-18(17)21-19/h13-14,21H,3-12H2,1-2H3. The molecule has 3 rings (SSSR count). The molecule has 0 amide bonds. The van der Waals surface area contributed by atoms with E-state index >= 15 is 0 Å². The van der Waals surface area contributed by atoms with Crippen molar-refractivity contribution in [1.82, 2.24) is 4.98 Å². The van der Waals surface area contributed by atoms with Crippen LogP contribution in [0.25, 0.3) is 10.9 Å². The average molecular weight is 283 g/mol. The molecular formula is C20H29N. The molecule has 1 aliphatic carbocycles. The van der Waals surface area contributed by atoms with Crippen molar-refractivity contribution in [2.24, 2.45) is 0 Å². The van der Waals surface area contributed by atoms with Gasteiger partial charge in [0.2, 0.25) is 0 Å². The van der Waals surface area contributed by atoms with E-state index in [1.165, 1.54) is 81.0 Å². The third-order valence-corrected chi connectivity index (χ3v) is 5.13. The van der Waals surface area contributed by atoms with Crippen molar-refractivity contribution in [2.75, 3.05) is 0 Å². The van der Waals surface area contributed by atoms with Gasteiger partial charge in [-0.2, -0.15) is 0 Å². The molecule has 0 saturated heterocycles. The highest BCUT2D eigenvalue weighted by atomic mass is 14.7. The van der Waals surface area contributed by atoms with Crippen LogP contribution in [0.4, 0.5) is 0 Å². The molecule has 2 aromatic rings. The quantitative estimate of drug-likeness (QED) is 0.612. The van der Waals surface area contributed by atoms with E-state index in [1.807, 2.05) is 0 Å². The fourth-order valence-corrected chi connectivity index (χ4v) is 3.93. The lowest BCUT2D eigenvalue weighted by molar-refractivity contribution is 0.607. The molecule has 0 radical (unpaired) electrons. The van der Waals surface area contributed by atoms with Crippen LogP contribution in [0.15, 0.2) is 12.1 Å². The number of hydrogen-bond donors (Lipinski definition) is 1. The highest BCUT2D eigenvalue weighted by molar-refractivity contribution is 5.89. The summed E-state index contributed by atoms with van der Waals surface area (Å²) in [6, 6.07) is 4.59. The maximum Gasteiger partial charge on any atom is 0.0461 e. The summed E-state index contributed by atoms with van der Waals surface area (Å²) in [6.07, 6.45) is 13.4. The minimum absolute atomic E-state index is 1.25. The third kappa shape index (κ3) is 3.02. The molecule has 1 aromatic carbocycles. The molecule has 0 spiro atoms. The van der Waals surface area contributed by atoms with E-state index in [-0.39, 0.29) is 0 Å². The first-order chi connectivity index (χ1) is 10.3. The lowest BCUT2D eigenvalue weighted by atomic mass is 9.95. The number of benzene rings is 1. The highest BCUT2D eigenvalue weighted by Crippen LogP contribution is 2.34. The number of unbranched alkanes of at least 4 members (excludes halogenated alkanes) is 5. The Morgan fingerprint density at radius 2 is 1.81 bits per heavy atom. The molecule has 0 aliphatic heterocycles. The summed E-state index contributed by atoms with van der Waals surface area (Å²) in [5.74, 6) is 0. The van der Waals surface area contributed by atoms with E-state index in [2.05, 4.69) is 31.0 Å². The monoisotopic (exact) mass is 283 g/mol. The second kappa shape index (κ2) is 6.68. The van der Waals surface area contributed by atoms with Crippen LogP contribution in [-0.2, 0) is 19.3 Å². The number of aryl methyl sites for hydroxylation is 4. The molecule has 1 nitrogen and oxygen atoms in total. The fraction of sp³-hybridized carbons (Fsp3) is 0.600. The van der Waals surface area contributed by atoms with Crippen LogP contribution in [0.2, 0.25) is 0 Å². The van der Waals surface area contributed by atoms with Gasteiger partial charge in [0.15, 0.2) is 0 Å². The summed E-state index contributed by atoms with van der Waals surface area (Å²) in [6.45, 7) is 4.58. The van der Waals surface area contributed by atoms with Gasteiger partial charge in [0.1, 0.15) is 0 Å². The number of fused-ring (bicyclic) bond motifs is 3. The van der Waals surface area contributed by atoms with Gasteiger partial charge in [0, 0.05) is 16.6 Å². The van der Waals surface area contributed by atoms with Gasteiger partial charge in [-0.25, -0.2) is 0 Å². The van der Waals surface area contributed by atoms with Gasteiger partial charge < -0.3 is 4.98 Å². The molecule has 0 atom stereocenters. The lowest BCUT2D eigenvalue weighted by Crippen LogP contribution is -1.93. The second-order valence-corrected chi connectivity index (χ2v) is 6.74. The van der Waals surface area contributed by atoms with Gasteiger partial charge in [0.25, 0.3) is 0 Å². The number of nitrogens with one attached hydrogen (secondary N) is 1. The minimum atomic E-state index is 1.25. The Morgan fingerprint density at radius 3 is 2.67 bits per heavy atom. The van der Waals surface area contributed by atoms with Crippen molar-refractivity contribution in [3.63, 3.8) is 0 Å². The van der Waals surface area contributed by atoms with Gasteiger partial charge in [-0.1, -0.05) is 45.1 Å². The van der Waals surface area contributed by atoms with Crippen LogP contribution in [0.5, 0.6) is 0 Å². The van der Waals surface area contributed by atoms with E-state index in [0.29, 0.717) is 0 Å². The first kappa shape index (κ1) is 14.7. The molecular weight excluding hydrogens is 254 g/mol. The molecule has 0 saturated carbocycles. The number of hydrogen-bond acceptors (Lipinski definition) is 0. The number of rotatable bonds is 7. The maximum atomic E-state index is 3.66. The van der Waals surface area contributed by atoms with Crippen molar-refractivity contribution < 1.29 is 0 Å². The predicted octanol–water partition coefficient (Wildman–Crippen LogP) is 5.87. The van der Waals surface area contributed by atoms with Crippen LogP contribution < -0.4 is 0 Å². The Labute approximate surface area is 129 Å². The molecule has 1 N–H and O–H groups in total. The molecule has 114 valence electrons. The van der Waals surface area contributed by atoms with Crippen LogP contribution in [0.1, 0.15) is 74.3 Å². The summed E-state index contributed by atoms with van der Waals surface area (Å²) in [5, 5.41) is 1.58. The Hall–Kier alpha value is -1.24. The molecule has 1 aromatic heterocycles. The third-order valence-electron chi connectivity index (χ3n) is 5.13. The van der Waals surface area contributed by atoms with Gasteiger partial charge in [-0.15, -0.1) is 0 Å². The SMILES string of the molecule is CCCCCCCCc1c(C)ccc2[nH]c3c(c12)CCC3. The van der Waals surface area contributed by atoms with Crippen molar-refractivity contribution in [1.29, 1.82) is 0 Å². The minimum Gasteiger partial charge on any atom is -0.358 e. The average Bonchev–Trinajstić information content (AvgIpc) is 3.05. The molecule has 0 fully saturated rings. The number of H-pyrrole nitrogens is 1. The Morgan fingerprint density at radius 1 is 1.00 bits per heavy atom. The Kier molecular flexibility index (Phi) is 4.67. The Bertz CT molecular complexity index is 606. The number of aromatic nitrogens is 1. The first-order valence-corrected chi connectivity index (χ1v) is 8.93. The molecule has 21 heavy (non-hydrogen) atoms. The van der Waals surface area contributed by atoms with E-state index in [4.69, 9.17) is 0 Å². The summed E-state index contributed by atoms with van der Waals surface area (Å²) >= 11 is 0. The van der Waals surface area contributed by atoms with Crippen molar-refractivity contribution >= 4 is 10.9 Å². The summed E-state index contributed by atoms with van der Waals surface area (Å²) < 4.78 is 0. The highest BCUT2D eigenvalue weighted by Gasteiger charge is 2.19. The number of aromatic amines is 1. The van der Waals surface area contributed by atoms with Crippen LogP contribution >= 0.6 is 0 Å². The van der Waals surface area contributed by atoms with Crippen LogP contribution in [0.3, 0.4) is 0 Å². The predicted molar refractivity (Wildman–Crippen MR) is 92.1 cm³/mol. The van der Waals surface area contributed by atoms with Gasteiger partial charge in [0.05, 0.1) is 0 Å².